The van der Waals surface area contributed by atoms with Crippen molar-refractivity contribution < 1.29 is 38.0 Å². The van der Waals surface area contributed by atoms with E-state index >= 15 is 0 Å². The molecule has 0 bridgehead atoms. The van der Waals surface area contributed by atoms with Crippen molar-refractivity contribution in [1.29, 1.82) is 0 Å². The summed E-state index contributed by atoms with van der Waals surface area (Å²) in [4.78, 5) is 25.9. The van der Waals surface area contributed by atoms with Gasteiger partial charge in [-0.3, -0.25) is 4.79 Å². The minimum absolute atomic E-state index is 0.158. The van der Waals surface area contributed by atoms with Gasteiger partial charge in [0, 0.05) is 6.07 Å². The summed E-state index contributed by atoms with van der Waals surface area (Å²) in [6.45, 7) is 1.92. The van der Waals surface area contributed by atoms with Crippen LogP contribution in [-0.2, 0) is 0 Å². The lowest BCUT2D eigenvalue weighted by Gasteiger charge is -2.13. The van der Waals surface area contributed by atoms with Crippen LogP contribution < -0.4 is 28.4 Å². The number of hydrogen-bond acceptors (Lipinski definition) is 8. The number of hydrogen-bond donors (Lipinski definition) is 0. The highest BCUT2D eigenvalue weighted by molar-refractivity contribution is 6.15. The molecular formula is C26H20O8. The summed E-state index contributed by atoms with van der Waals surface area (Å²) in [5.41, 5.74) is 1.92. The first kappa shape index (κ1) is 21.4. The zero-order valence-electron chi connectivity index (χ0n) is 18.7. The van der Waals surface area contributed by atoms with Gasteiger partial charge in [-0.25, -0.2) is 4.79 Å². The molecule has 0 saturated heterocycles. The minimum Gasteiger partial charge on any atom is -0.496 e. The third kappa shape index (κ3) is 3.69. The molecule has 0 amide bonds. The molecule has 0 saturated carbocycles. The summed E-state index contributed by atoms with van der Waals surface area (Å²) in [5.74, 6) is 1.69. The van der Waals surface area contributed by atoms with E-state index in [1.54, 1.807) is 55.5 Å². The van der Waals surface area contributed by atoms with E-state index < -0.39 is 5.97 Å². The van der Waals surface area contributed by atoms with Gasteiger partial charge >= 0.3 is 5.97 Å². The van der Waals surface area contributed by atoms with Gasteiger partial charge in [0.1, 0.15) is 28.6 Å². The maximum atomic E-state index is 13.0. The molecule has 2 heterocycles. The molecule has 0 fully saturated rings. The monoisotopic (exact) mass is 460 g/mol. The van der Waals surface area contributed by atoms with E-state index in [4.69, 9.17) is 28.4 Å². The fourth-order valence-corrected chi connectivity index (χ4v) is 3.90. The lowest BCUT2D eigenvalue weighted by Crippen LogP contribution is -2.12. The van der Waals surface area contributed by atoms with Crippen LogP contribution in [0.1, 0.15) is 31.8 Å². The third-order valence-corrected chi connectivity index (χ3v) is 5.48. The molecule has 3 aromatic rings. The van der Waals surface area contributed by atoms with Crippen LogP contribution in [0.2, 0.25) is 0 Å². The molecule has 0 atom stereocenters. The molecule has 2 aliphatic rings. The number of ether oxygens (including phenoxy) is 6. The molecule has 172 valence electrons. The number of esters is 1. The molecular weight excluding hydrogens is 440 g/mol. The number of ketones is 1. The van der Waals surface area contributed by atoms with Gasteiger partial charge in [-0.2, -0.15) is 0 Å². The number of allylic oxidation sites excluding steroid dienone is 1. The van der Waals surface area contributed by atoms with E-state index in [2.05, 4.69) is 0 Å². The molecule has 8 heteroatoms. The van der Waals surface area contributed by atoms with Crippen LogP contribution in [0.4, 0.5) is 0 Å². The minimum atomic E-state index is -0.658. The normalized spacial score (nSPS) is 14.6. The summed E-state index contributed by atoms with van der Waals surface area (Å²) in [5, 5.41) is 0. The average molecular weight is 460 g/mol. The average Bonchev–Trinajstić information content (AvgIpc) is 3.42. The number of benzene rings is 3. The van der Waals surface area contributed by atoms with Gasteiger partial charge in [-0.05, 0) is 54.5 Å². The highest BCUT2D eigenvalue weighted by Gasteiger charge is 2.31. The highest BCUT2D eigenvalue weighted by Crippen LogP contribution is 2.39. The Hall–Kier alpha value is -4.46. The van der Waals surface area contributed by atoms with E-state index in [1.807, 2.05) is 0 Å². The Bertz CT molecular complexity index is 1330. The Balaban J connectivity index is 1.43. The predicted octanol–water partition coefficient (Wildman–Crippen LogP) is 4.58. The second kappa shape index (κ2) is 8.47. The molecule has 0 spiro atoms. The van der Waals surface area contributed by atoms with Crippen LogP contribution in [0.3, 0.4) is 0 Å². The topological polar surface area (TPSA) is 89.5 Å². The lowest BCUT2D eigenvalue weighted by atomic mass is 10.0. The van der Waals surface area contributed by atoms with Gasteiger partial charge < -0.3 is 28.4 Å². The van der Waals surface area contributed by atoms with Gasteiger partial charge in [0.2, 0.25) is 12.6 Å². The molecule has 3 aromatic carbocycles. The second-order valence-electron chi connectivity index (χ2n) is 7.59. The third-order valence-electron chi connectivity index (χ3n) is 5.48. The summed E-state index contributed by atoms with van der Waals surface area (Å²) in [7, 11) is 2.91. The number of carbonyl (C=O) groups excluding carboxylic acids is 2. The van der Waals surface area contributed by atoms with Crippen molar-refractivity contribution in [1.82, 2.24) is 0 Å². The fourth-order valence-electron chi connectivity index (χ4n) is 3.90. The van der Waals surface area contributed by atoms with Gasteiger partial charge in [-0.1, -0.05) is 12.1 Å². The summed E-state index contributed by atoms with van der Waals surface area (Å²) < 4.78 is 32.7. The highest BCUT2D eigenvalue weighted by atomic mass is 16.7. The maximum Gasteiger partial charge on any atom is 0.351 e. The second-order valence-corrected chi connectivity index (χ2v) is 7.59. The molecule has 0 N–H and O–H groups in total. The zero-order chi connectivity index (χ0) is 23.8. The zero-order valence-corrected chi connectivity index (χ0v) is 18.7. The van der Waals surface area contributed by atoms with Crippen molar-refractivity contribution in [3.8, 4) is 34.5 Å². The van der Waals surface area contributed by atoms with Crippen molar-refractivity contribution >= 4 is 17.8 Å². The first-order chi connectivity index (χ1) is 16.5. The van der Waals surface area contributed by atoms with Crippen LogP contribution in [0, 0.1) is 6.92 Å². The Kier molecular flexibility index (Phi) is 5.33. The molecule has 0 unspecified atom stereocenters. The number of fused-ring (bicyclic) bond motifs is 2. The van der Waals surface area contributed by atoms with E-state index in [0.29, 0.717) is 39.9 Å². The van der Waals surface area contributed by atoms with Crippen LogP contribution in [0.25, 0.3) is 6.08 Å². The first-order valence-corrected chi connectivity index (χ1v) is 10.4. The number of Topliss-reactive ketones (excluding diaryl/α,β-unsaturated/α-hetero) is 1. The molecule has 5 rings (SSSR count). The Morgan fingerprint density at radius 2 is 1.68 bits per heavy atom. The van der Waals surface area contributed by atoms with Gasteiger partial charge in [-0.15, -0.1) is 0 Å². The first-order valence-electron chi connectivity index (χ1n) is 10.4. The van der Waals surface area contributed by atoms with Crippen molar-refractivity contribution in [2.24, 2.45) is 0 Å². The summed E-state index contributed by atoms with van der Waals surface area (Å²) >= 11 is 0. The number of rotatable bonds is 5. The molecule has 2 aliphatic heterocycles. The van der Waals surface area contributed by atoms with Gasteiger partial charge in [0.15, 0.2) is 17.3 Å². The summed E-state index contributed by atoms with van der Waals surface area (Å²) in [6.07, 6.45) is 1.63. The van der Waals surface area contributed by atoms with E-state index in [0.717, 1.165) is 5.56 Å². The molecule has 34 heavy (non-hydrogen) atoms. The fraction of sp³-hybridized carbons (Fsp3) is 0.154. The Morgan fingerprint density at radius 1 is 0.941 bits per heavy atom. The predicted molar refractivity (Wildman–Crippen MR) is 121 cm³/mol. The van der Waals surface area contributed by atoms with E-state index in [1.165, 1.54) is 20.3 Å². The maximum absolute atomic E-state index is 13.0. The van der Waals surface area contributed by atoms with Crippen LogP contribution in [0.15, 0.2) is 54.3 Å². The smallest absolute Gasteiger partial charge is 0.351 e. The van der Waals surface area contributed by atoms with Crippen molar-refractivity contribution in [2.45, 2.75) is 6.92 Å². The standard InChI is InChI=1S/C26H20O8/c1-14-9-16(33-26(28)24-18(29-2)5-4-6-19(24)30-3)12-21-23(14)25(27)22(34-21)11-15-7-8-17-20(10-15)32-13-31-17/h4-12H,13H2,1-3H3/b22-11-. The summed E-state index contributed by atoms with van der Waals surface area (Å²) in [6, 6.07) is 13.5. The van der Waals surface area contributed by atoms with Crippen LogP contribution in [-0.4, -0.2) is 32.8 Å². The Morgan fingerprint density at radius 3 is 2.41 bits per heavy atom. The lowest BCUT2D eigenvalue weighted by molar-refractivity contribution is 0.0727. The van der Waals surface area contributed by atoms with Gasteiger partial charge in [0.05, 0.1) is 19.8 Å². The largest absolute Gasteiger partial charge is 0.496 e. The van der Waals surface area contributed by atoms with Crippen molar-refractivity contribution in [2.75, 3.05) is 21.0 Å². The van der Waals surface area contributed by atoms with E-state index in [9.17, 15) is 9.59 Å². The van der Waals surface area contributed by atoms with Crippen molar-refractivity contribution in [3.63, 3.8) is 0 Å². The molecule has 0 aliphatic carbocycles. The van der Waals surface area contributed by atoms with Crippen molar-refractivity contribution in [3.05, 3.63) is 76.5 Å². The van der Waals surface area contributed by atoms with Crippen LogP contribution >= 0.6 is 0 Å². The molecule has 0 aromatic heterocycles. The van der Waals surface area contributed by atoms with E-state index in [-0.39, 0.29) is 29.6 Å². The number of carbonyl (C=O) groups is 2. The number of methoxy groups -OCH3 is 2. The van der Waals surface area contributed by atoms with Gasteiger partial charge in [0.25, 0.3) is 0 Å². The molecule has 8 nitrogen and oxygen atoms in total. The quantitative estimate of drug-likeness (QED) is 0.311. The Labute approximate surface area is 195 Å². The SMILES string of the molecule is COc1cccc(OC)c1C(=O)Oc1cc(C)c2c(c1)O/C(=C\c1ccc3c(c1)OCO3)C2=O. The van der Waals surface area contributed by atoms with Crippen LogP contribution in [0.5, 0.6) is 34.5 Å². The molecule has 0 radical (unpaired) electrons. The number of aryl methyl sites for hydroxylation is 1.